The molecule has 6 heteroatoms. The molecule has 0 aromatic heterocycles. The second-order valence-electron chi connectivity index (χ2n) is 8.03. The molecule has 0 fully saturated rings. The molecule has 0 unspecified atom stereocenters. The number of nitrogens with one attached hydrogen (secondary N) is 1. The Morgan fingerprint density at radius 2 is 1.42 bits per heavy atom. The number of carbonyl (C=O) groups is 2. The van der Waals surface area contributed by atoms with Crippen LogP contribution in [0.5, 0.6) is 11.5 Å². The van der Waals surface area contributed by atoms with Crippen molar-refractivity contribution in [2.75, 3.05) is 24.4 Å². The van der Waals surface area contributed by atoms with Crippen LogP contribution in [0, 0.1) is 20.8 Å². The Balaban J connectivity index is 1.83. The van der Waals surface area contributed by atoms with E-state index in [-0.39, 0.29) is 11.6 Å². The van der Waals surface area contributed by atoms with Gasteiger partial charge >= 0.3 is 0 Å². The quantitative estimate of drug-likeness (QED) is 0.543. The number of amides is 2. The average molecular weight is 443 g/mol. The fourth-order valence-electron chi connectivity index (χ4n) is 3.80. The molecule has 33 heavy (non-hydrogen) atoms. The van der Waals surface area contributed by atoms with Gasteiger partial charge in [0.2, 0.25) is 0 Å². The van der Waals surface area contributed by atoms with Gasteiger partial charge in [0.05, 0.1) is 25.5 Å². The Labute approximate surface area is 193 Å². The summed E-state index contributed by atoms with van der Waals surface area (Å²) < 4.78 is 10.7. The maximum Gasteiger partial charge on any atom is 0.282 e. The molecule has 0 saturated carbocycles. The molecule has 6 nitrogen and oxygen atoms in total. The summed E-state index contributed by atoms with van der Waals surface area (Å²) in [6.45, 7) is 5.95. The number of ether oxygens (including phenoxy) is 2. The highest BCUT2D eigenvalue weighted by atomic mass is 16.5. The van der Waals surface area contributed by atoms with Gasteiger partial charge < -0.3 is 14.8 Å². The van der Waals surface area contributed by atoms with Crippen LogP contribution in [-0.4, -0.2) is 26.0 Å². The van der Waals surface area contributed by atoms with E-state index in [0.717, 1.165) is 16.7 Å². The number of anilines is 2. The Kier molecular flexibility index (Phi) is 5.92. The van der Waals surface area contributed by atoms with Crippen molar-refractivity contribution in [3.63, 3.8) is 0 Å². The number of imide groups is 1. The molecule has 2 amide bonds. The number of carbonyl (C=O) groups excluding carboxylic acids is 2. The normalized spacial score (nSPS) is 13.5. The first kappa shape index (κ1) is 22.1. The number of hydrogen-bond acceptors (Lipinski definition) is 5. The van der Waals surface area contributed by atoms with Crippen molar-refractivity contribution in [1.29, 1.82) is 0 Å². The maximum atomic E-state index is 13.6. The third-order valence-electron chi connectivity index (χ3n) is 5.82. The van der Waals surface area contributed by atoms with Gasteiger partial charge in [-0.1, -0.05) is 35.9 Å². The number of hydrogen-bond donors (Lipinski definition) is 1. The zero-order valence-corrected chi connectivity index (χ0v) is 19.4. The highest BCUT2D eigenvalue weighted by molar-refractivity contribution is 6.46. The summed E-state index contributed by atoms with van der Waals surface area (Å²) in [6.07, 6.45) is 0. The largest absolute Gasteiger partial charge is 0.493 e. The van der Waals surface area contributed by atoms with Gasteiger partial charge in [0.1, 0.15) is 5.70 Å². The zero-order valence-electron chi connectivity index (χ0n) is 19.4. The summed E-state index contributed by atoms with van der Waals surface area (Å²) in [4.78, 5) is 28.3. The van der Waals surface area contributed by atoms with Crippen LogP contribution in [0.1, 0.15) is 22.3 Å². The molecule has 0 radical (unpaired) electrons. The van der Waals surface area contributed by atoms with Crippen molar-refractivity contribution < 1.29 is 19.1 Å². The third kappa shape index (κ3) is 4.07. The van der Waals surface area contributed by atoms with E-state index in [4.69, 9.17) is 9.47 Å². The van der Waals surface area contributed by atoms with Crippen LogP contribution in [0.15, 0.2) is 66.4 Å². The second-order valence-corrected chi connectivity index (χ2v) is 8.03. The van der Waals surface area contributed by atoms with E-state index in [0.29, 0.717) is 34.0 Å². The van der Waals surface area contributed by atoms with Crippen LogP contribution in [0.2, 0.25) is 0 Å². The van der Waals surface area contributed by atoms with Gasteiger partial charge in [-0.3, -0.25) is 9.59 Å². The van der Waals surface area contributed by atoms with Gasteiger partial charge in [-0.25, -0.2) is 4.90 Å². The Morgan fingerprint density at radius 3 is 2.06 bits per heavy atom. The highest BCUT2D eigenvalue weighted by Crippen LogP contribution is 2.36. The van der Waals surface area contributed by atoms with Crippen LogP contribution in [0.4, 0.5) is 11.4 Å². The van der Waals surface area contributed by atoms with Gasteiger partial charge in [-0.15, -0.1) is 0 Å². The van der Waals surface area contributed by atoms with Crippen molar-refractivity contribution in [2.24, 2.45) is 0 Å². The number of benzene rings is 3. The lowest BCUT2D eigenvalue weighted by atomic mass is 9.99. The molecule has 3 aromatic carbocycles. The first-order valence-electron chi connectivity index (χ1n) is 10.6. The number of methoxy groups -OCH3 is 2. The fraction of sp³-hybridized carbons (Fsp3) is 0.185. The second kappa shape index (κ2) is 8.82. The minimum Gasteiger partial charge on any atom is -0.493 e. The third-order valence-corrected chi connectivity index (χ3v) is 5.82. The topological polar surface area (TPSA) is 67.9 Å². The van der Waals surface area contributed by atoms with Crippen LogP contribution in [0.25, 0.3) is 5.57 Å². The average Bonchev–Trinajstić information content (AvgIpc) is 3.05. The van der Waals surface area contributed by atoms with Gasteiger partial charge in [-0.05, 0) is 61.7 Å². The van der Waals surface area contributed by atoms with E-state index in [2.05, 4.69) is 5.32 Å². The molecule has 0 atom stereocenters. The van der Waals surface area contributed by atoms with E-state index in [9.17, 15) is 9.59 Å². The number of nitrogens with zero attached hydrogens (tertiary/aromatic N) is 1. The molecule has 1 aliphatic rings. The van der Waals surface area contributed by atoms with Crippen LogP contribution < -0.4 is 19.7 Å². The minimum absolute atomic E-state index is 0.219. The van der Waals surface area contributed by atoms with E-state index >= 15 is 0 Å². The molecule has 0 spiro atoms. The zero-order chi connectivity index (χ0) is 23.7. The summed E-state index contributed by atoms with van der Waals surface area (Å²) in [5.41, 5.74) is 5.57. The lowest BCUT2D eigenvalue weighted by Gasteiger charge is -2.16. The molecule has 1 N–H and O–H groups in total. The van der Waals surface area contributed by atoms with E-state index in [1.807, 2.05) is 51.1 Å². The van der Waals surface area contributed by atoms with Crippen molar-refractivity contribution >= 4 is 28.8 Å². The Bertz CT molecular complexity index is 1280. The molecule has 1 heterocycles. The smallest absolute Gasteiger partial charge is 0.282 e. The summed E-state index contributed by atoms with van der Waals surface area (Å²) >= 11 is 0. The van der Waals surface area contributed by atoms with E-state index < -0.39 is 5.91 Å². The van der Waals surface area contributed by atoms with Crippen molar-refractivity contribution in [2.45, 2.75) is 20.8 Å². The molecule has 0 saturated heterocycles. The lowest BCUT2D eigenvalue weighted by molar-refractivity contribution is -0.120. The van der Waals surface area contributed by atoms with Crippen LogP contribution >= 0.6 is 0 Å². The molecule has 1 aliphatic heterocycles. The van der Waals surface area contributed by atoms with E-state index in [1.54, 1.807) is 44.6 Å². The van der Waals surface area contributed by atoms with Crippen LogP contribution in [-0.2, 0) is 9.59 Å². The van der Waals surface area contributed by atoms with Gasteiger partial charge in [0, 0.05) is 11.8 Å². The first-order chi connectivity index (χ1) is 15.8. The maximum absolute atomic E-state index is 13.6. The monoisotopic (exact) mass is 442 g/mol. The first-order valence-corrected chi connectivity index (χ1v) is 10.6. The number of rotatable bonds is 6. The van der Waals surface area contributed by atoms with Crippen molar-refractivity contribution in [3.05, 3.63) is 88.6 Å². The molecule has 0 aliphatic carbocycles. The molecule has 3 aromatic rings. The molecular weight excluding hydrogens is 416 g/mol. The lowest BCUT2D eigenvalue weighted by Crippen LogP contribution is -2.32. The van der Waals surface area contributed by atoms with Gasteiger partial charge in [-0.2, -0.15) is 0 Å². The van der Waals surface area contributed by atoms with Crippen molar-refractivity contribution in [3.8, 4) is 11.5 Å². The summed E-state index contributed by atoms with van der Waals surface area (Å²) in [5.74, 6) is 0.312. The van der Waals surface area contributed by atoms with Crippen LogP contribution in [0.3, 0.4) is 0 Å². The molecule has 4 rings (SSSR count). The molecular formula is C27H26N2O4. The summed E-state index contributed by atoms with van der Waals surface area (Å²) in [5, 5.41) is 3.17. The molecule has 168 valence electrons. The Hall–Kier alpha value is -4.06. The standard InChI is InChI=1S/C27H26N2O4/c1-16-6-11-21(12-7-16)29-26(30)24(19-9-8-17(2)18(3)14-19)25(27(29)31)28-20-10-13-22(32-4)23(15-20)33-5/h6-15,28H,1-5H3. The van der Waals surface area contributed by atoms with E-state index in [1.165, 1.54) is 4.90 Å². The fourth-order valence-corrected chi connectivity index (χ4v) is 3.80. The van der Waals surface area contributed by atoms with Gasteiger partial charge in [0.15, 0.2) is 11.5 Å². The highest BCUT2D eigenvalue weighted by Gasteiger charge is 2.40. The summed E-state index contributed by atoms with van der Waals surface area (Å²) in [7, 11) is 3.11. The minimum atomic E-state index is -0.410. The van der Waals surface area contributed by atoms with Crippen molar-refractivity contribution in [1.82, 2.24) is 0 Å². The predicted molar refractivity (Wildman–Crippen MR) is 130 cm³/mol. The Morgan fingerprint density at radius 1 is 0.727 bits per heavy atom. The number of aryl methyl sites for hydroxylation is 3. The summed E-state index contributed by atoms with van der Waals surface area (Å²) in [6, 6.07) is 18.3. The van der Waals surface area contributed by atoms with Gasteiger partial charge in [0.25, 0.3) is 11.8 Å². The SMILES string of the molecule is COc1ccc(NC2=C(c3ccc(C)c(C)c3)C(=O)N(c3ccc(C)cc3)C2=O)cc1OC. The molecule has 0 bridgehead atoms. The predicted octanol–water partition coefficient (Wildman–Crippen LogP) is 5.03.